The molecule has 30 heavy (non-hydrogen) atoms. The Morgan fingerprint density at radius 1 is 1.10 bits per heavy atom. The summed E-state index contributed by atoms with van der Waals surface area (Å²) in [5.41, 5.74) is 6.16. The van der Waals surface area contributed by atoms with Gasteiger partial charge in [0, 0.05) is 28.5 Å². The second kappa shape index (κ2) is 8.93. The maximum Gasteiger partial charge on any atom is 0.234 e. The van der Waals surface area contributed by atoms with Crippen molar-refractivity contribution in [2.24, 2.45) is 0 Å². The highest BCUT2D eigenvalue weighted by Crippen LogP contribution is 2.27. The third-order valence-electron chi connectivity index (χ3n) is 4.85. The molecule has 2 aromatic carbocycles. The third kappa shape index (κ3) is 4.52. The van der Waals surface area contributed by atoms with Crippen molar-refractivity contribution in [3.05, 3.63) is 72.1 Å². The van der Waals surface area contributed by atoms with E-state index in [2.05, 4.69) is 47.4 Å². The van der Waals surface area contributed by atoms with Crippen molar-refractivity contribution in [2.45, 2.75) is 23.8 Å². The first kappa shape index (κ1) is 20.5. The normalized spacial score (nSPS) is 11.0. The molecule has 4 rings (SSSR count). The molecule has 0 fully saturated rings. The number of carbonyl (C=O) groups excluding carboxylic acids is 1. The van der Waals surface area contributed by atoms with E-state index in [0.717, 1.165) is 32.4 Å². The van der Waals surface area contributed by atoms with Crippen LogP contribution in [0.1, 0.15) is 11.1 Å². The van der Waals surface area contributed by atoms with E-state index >= 15 is 0 Å². The van der Waals surface area contributed by atoms with E-state index in [1.807, 2.05) is 47.3 Å². The Balaban J connectivity index is 1.50. The van der Waals surface area contributed by atoms with Crippen LogP contribution in [0.15, 0.2) is 70.8 Å². The van der Waals surface area contributed by atoms with Gasteiger partial charge >= 0.3 is 0 Å². The largest absolute Gasteiger partial charge is 0.325 e. The second-order valence-corrected chi connectivity index (χ2v) is 8.80. The summed E-state index contributed by atoms with van der Waals surface area (Å²) in [4.78, 5) is 18.0. The summed E-state index contributed by atoms with van der Waals surface area (Å²) in [5, 5.41) is 8.43. The molecular weight excluding hydrogens is 412 g/mol. The average Bonchev–Trinajstić information content (AvgIpc) is 3.19. The van der Waals surface area contributed by atoms with E-state index in [0.29, 0.717) is 0 Å². The molecule has 0 atom stereocenters. The summed E-state index contributed by atoms with van der Waals surface area (Å²) >= 11 is 3.06. The van der Waals surface area contributed by atoms with Crippen LogP contribution in [0, 0.1) is 13.8 Å². The number of nitrogens with one attached hydrogen (secondary N) is 1. The van der Waals surface area contributed by atoms with Crippen molar-refractivity contribution in [3.63, 3.8) is 0 Å². The summed E-state index contributed by atoms with van der Waals surface area (Å²) in [7, 11) is 0. The van der Waals surface area contributed by atoms with Crippen LogP contribution in [-0.2, 0) is 4.79 Å². The van der Waals surface area contributed by atoms with Gasteiger partial charge in [0.15, 0.2) is 0 Å². The number of thioether (sulfide) groups is 2. The zero-order valence-corrected chi connectivity index (χ0v) is 18.7. The number of rotatable bonds is 6. The first-order valence-electron chi connectivity index (χ1n) is 9.52. The highest BCUT2D eigenvalue weighted by molar-refractivity contribution is 8.00. The van der Waals surface area contributed by atoms with E-state index in [1.165, 1.54) is 22.9 Å². The molecule has 0 aliphatic heterocycles. The van der Waals surface area contributed by atoms with E-state index in [4.69, 9.17) is 0 Å². The van der Waals surface area contributed by atoms with Crippen molar-refractivity contribution in [2.75, 3.05) is 17.3 Å². The van der Waals surface area contributed by atoms with Crippen molar-refractivity contribution < 1.29 is 4.79 Å². The van der Waals surface area contributed by atoms with Crippen LogP contribution < -0.4 is 5.32 Å². The zero-order chi connectivity index (χ0) is 21.1. The predicted octanol–water partition coefficient (Wildman–Crippen LogP) is 5.47. The lowest BCUT2D eigenvalue weighted by Crippen LogP contribution is -2.14. The van der Waals surface area contributed by atoms with Gasteiger partial charge in [0.25, 0.3) is 0 Å². The van der Waals surface area contributed by atoms with Gasteiger partial charge < -0.3 is 5.32 Å². The van der Waals surface area contributed by atoms with Gasteiger partial charge in [0.1, 0.15) is 5.03 Å². The number of benzene rings is 2. The van der Waals surface area contributed by atoms with Gasteiger partial charge in [-0.1, -0.05) is 30.0 Å². The monoisotopic (exact) mass is 434 g/mol. The van der Waals surface area contributed by atoms with Crippen LogP contribution in [-0.4, -0.2) is 32.5 Å². The first-order chi connectivity index (χ1) is 14.5. The number of anilines is 1. The van der Waals surface area contributed by atoms with Crippen molar-refractivity contribution in [1.29, 1.82) is 0 Å². The summed E-state index contributed by atoms with van der Waals surface area (Å²) in [6.07, 6.45) is 5.56. The molecule has 0 bridgehead atoms. The van der Waals surface area contributed by atoms with Crippen molar-refractivity contribution in [1.82, 2.24) is 14.6 Å². The van der Waals surface area contributed by atoms with E-state index in [9.17, 15) is 4.79 Å². The molecule has 1 amide bonds. The van der Waals surface area contributed by atoms with Crippen molar-refractivity contribution >= 4 is 40.6 Å². The van der Waals surface area contributed by atoms with Crippen LogP contribution >= 0.6 is 23.5 Å². The van der Waals surface area contributed by atoms with Crippen LogP contribution in [0.4, 0.5) is 5.69 Å². The standard InChI is InChI=1S/C23H22N4OS2/c1-15-7-8-17(11-16(15)2)20-13-21-23(24-9-10-27(21)26-20)30-14-22(28)25-18-5-4-6-19(12-18)29-3/h4-13H,14H2,1-3H3,(H,25,28). The minimum atomic E-state index is -0.0593. The molecule has 152 valence electrons. The maximum absolute atomic E-state index is 12.4. The average molecular weight is 435 g/mol. The van der Waals surface area contributed by atoms with E-state index < -0.39 is 0 Å². The highest BCUT2D eigenvalue weighted by atomic mass is 32.2. The third-order valence-corrected chi connectivity index (χ3v) is 6.57. The van der Waals surface area contributed by atoms with Gasteiger partial charge in [-0.05, 0) is 61.6 Å². The Morgan fingerprint density at radius 3 is 2.77 bits per heavy atom. The summed E-state index contributed by atoms with van der Waals surface area (Å²) in [6.45, 7) is 4.20. The van der Waals surface area contributed by atoms with E-state index in [-0.39, 0.29) is 11.7 Å². The van der Waals surface area contributed by atoms with Gasteiger partial charge in [0.2, 0.25) is 5.91 Å². The van der Waals surface area contributed by atoms with Crippen LogP contribution in [0.2, 0.25) is 0 Å². The van der Waals surface area contributed by atoms with Gasteiger partial charge in [-0.25, -0.2) is 9.50 Å². The van der Waals surface area contributed by atoms with Crippen LogP contribution in [0.3, 0.4) is 0 Å². The number of fused-ring (bicyclic) bond motifs is 1. The number of amides is 1. The molecule has 0 aliphatic rings. The van der Waals surface area contributed by atoms with Gasteiger partial charge in [0.05, 0.1) is 17.0 Å². The Bertz CT molecular complexity index is 1220. The molecule has 0 saturated heterocycles. The van der Waals surface area contributed by atoms with Crippen molar-refractivity contribution in [3.8, 4) is 11.3 Å². The number of hydrogen-bond acceptors (Lipinski definition) is 5. The fourth-order valence-electron chi connectivity index (χ4n) is 3.08. The Morgan fingerprint density at radius 2 is 1.97 bits per heavy atom. The lowest BCUT2D eigenvalue weighted by Gasteiger charge is -2.06. The number of nitrogens with zero attached hydrogens (tertiary/aromatic N) is 3. The lowest BCUT2D eigenvalue weighted by molar-refractivity contribution is -0.113. The smallest absolute Gasteiger partial charge is 0.234 e. The Kier molecular flexibility index (Phi) is 6.11. The number of hydrogen-bond donors (Lipinski definition) is 1. The minimum Gasteiger partial charge on any atom is -0.325 e. The van der Waals surface area contributed by atoms with Gasteiger partial charge in [-0.2, -0.15) is 5.10 Å². The molecule has 0 aliphatic carbocycles. The topological polar surface area (TPSA) is 59.3 Å². The fraction of sp³-hybridized carbons (Fsp3) is 0.174. The Labute approximate surface area is 184 Å². The fourth-order valence-corrected chi connectivity index (χ4v) is 4.32. The first-order valence-corrected chi connectivity index (χ1v) is 11.7. The predicted molar refractivity (Wildman–Crippen MR) is 125 cm³/mol. The van der Waals surface area contributed by atoms with Gasteiger partial charge in [-0.15, -0.1) is 11.8 Å². The molecule has 1 N–H and O–H groups in total. The summed E-state index contributed by atoms with van der Waals surface area (Å²) in [5.74, 6) is 0.219. The van der Waals surface area contributed by atoms with Crippen LogP contribution in [0.5, 0.6) is 0 Å². The van der Waals surface area contributed by atoms with Crippen LogP contribution in [0.25, 0.3) is 16.8 Å². The molecule has 0 spiro atoms. The molecule has 2 aromatic heterocycles. The molecule has 2 heterocycles. The SMILES string of the molecule is CSc1cccc(NC(=O)CSc2nccn3nc(-c4ccc(C)c(C)c4)cc23)c1. The highest BCUT2D eigenvalue weighted by Gasteiger charge is 2.12. The molecule has 4 aromatic rings. The van der Waals surface area contributed by atoms with E-state index in [1.54, 1.807) is 18.0 Å². The lowest BCUT2D eigenvalue weighted by atomic mass is 10.0. The molecule has 0 radical (unpaired) electrons. The molecule has 7 heteroatoms. The van der Waals surface area contributed by atoms with Gasteiger partial charge in [-0.3, -0.25) is 4.79 Å². The summed E-state index contributed by atoms with van der Waals surface area (Å²) < 4.78 is 1.82. The molecule has 5 nitrogen and oxygen atoms in total. The zero-order valence-electron chi connectivity index (χ0n) is 17.0. The quantitative estimate of drug-likeness (QED) is 0.408. The Hall–Kier alpha value is -2.77. The maximum atomic E-state index is 12.4. The number of aromatic nitrogens is 3. The molecular formula is C23H22N4OS2. The molecule has 0 saturated carbocycles. The second-order valence-electron chi connectivity index (χ2n) is 6.96. The number of carbonyl (C=O) groups is 1. The number of aryl methyl sites for hydroxylation is 2. The summed E-state index contributed by atoms with van der Waals surface area (Å²) in [6, 6.07) is 16.2. The molecule has 0 unspecified atom stereocenters. The minimum absolute atomic E-state index is 0.0593.